The van der Waals surface area contributed by atoms with Crippen molar-refractivity contribution in [3.63, 3.8) is 0 Å². The van der Waals surface area contributed by atoms with Gasteiger partial charge in [-0.3, -0.25) is 0 Å². The molecule has 0 spiro atoms. The van der Waals surface area contributed by atoms with Gasteiger partial charge in [0.2, 0.25) is 0 Å². The summed E-state index contributed by atoms with van der Waals surface area (Å²) in [4.78, 5) is 10.3. The summed E-state index contributed by atoms with van der Waals surface area (Å²) in [5.74, 6) is -1.70. The number of carbonyl (C=O) groups is 1. The van der Waals surface area contributed by atoms with Crippen LogP contribution in [0.1, 0.15) is 13.8 Å². The molecule has 0 radical (unpaired) electrons. The van der Waals surface area contributed by atoms with E-state index in [4.69, 9.17) is 14.6 Å². The number of ether oxygens (including phenoxy) is 2. The van der Waals surface area contributed by atoms with Gasteiger partial charge in [0.25, 0.3) is 0 Å². The summed E-state index contributed by atoms with van der Waals surface area (Å²) >= 11 is 0. The Bertz CT molecular complexity index is 157. The predicted molar refractivity (Wildman–Crippen MR) is 42.9 cm³/mol. The van der Waals surface area contributed by atoms with E-state index in [0.717, 1.165) is 0 Å². The van der Waals surface area contributed by atoms with Gasteiger partial charge in [-0.2, -0.15) is 13.5 Å². The maximum atomic E-state index is 10.3. The van der Waals surface area contributed by atoms with Gasteiger partial charge < -0.3 is 14.6 Å². The van der Waals surface area contributed by atoms with Crippen LogP contribution in [0.3, 0.4) is 0 Å². The van der Waals surface area contributed by atoms with Crippen molar-refractivity contribution >= 4 is 19.5 Å². The second kappa shape index (κ2) is 3.42. The monoisotopic (exact) mass is 180 g/mol. The zero-order chi connectivity index (χ0) is 7.78. The van der Waals surface area contributed by atoms with E-state index in [0.29, 0.717) is 0 Å². The fraction of sp³-hybridized carbons (Fsp3) is 0.833. The number of rotatable bonds is 1. The molecule has 0 aromatic carbocycles. The summed E-state index contributed by atoms with van der Waals surface area (Å²) in [6.45, 7) is 3.52. The van der Waals surface area contributed by atoms with Gasteiger partial charge in [0.15, 0.2) is 11.9 Å². The van der Waals surface area contributed by atoms with Crippen LogP contribution in [0, 0.1) is 0 Å². The topological polar surface area (TPSA) is 55.8 Å². The molecule has 1 saturated heterocycles. The van der Waals surface area contributed by atoms with E-state index >= 15 is 0 Å². The fourth-order valence-corrected chi connectivity index (χ4v) is 0.809. The summed E-state index contributed by atoms with van der Waals surface area (Å²) in [7, 11) is 0. The molecule has 1 N–H and O–H groups in total. The van der Waals surface area contributed by atoms with Crippen molar-refractivity contribution in [3.05, 3.63) is 0 Å². The van der Waals surface area contributed by atoms with Crippen LogP contribution in [0.5, 0.6) is 0 Å². The maximum Gasteiger partial charge on any atom is 0.335 e. The lowest BCUT2D eigenvalue weighted by atomic mass is 10.4. The molecule has 4 nitrogen and oxygen atoms in total. The highest BCUT2D eigenvalue weighted by Crippen LogP contribution is 2.21. The van der Waals surface area contributed by atoms with E-state index in [1.54, 1.807) is 13.8 Å². The molecule has 0 aromatic rings. The summed E-state index contributed by atoms with van der Waals surface area (Å²) in [5.41, 5.74) is 0. The molecule has 1 atom stereocenters. The normalized spacial score (nSPS) is 27.6. The minimum atomic E-state index is -0.967. The van der Waals surface area contributed by atoms with Gasteiger partial charge in [-0.25, -0.2) is 4.79 Å². The first-order chi connectivity index (χ1) is 4.51. The van der Waals surface area contributed by atoms with Gasteiger partial charge >= 0.3 is 5.97 Å². The molecule has 1 fully saturated rings. The Labute approximate surface area is 71.9 Å². The number of hydrogen-bond acceptors (Lipinski definition) is 3. The molecule has 11 heavy (non-hydrogen) atoms. The Hall–Kier alpha value is -0.260. The Morgan fingerprint density at radius 1 is 1.64 bits per heavy atom. The van der Waals surface area contributed by atoms with Crippen LogP contribution >= 0.6 is 13.5 Å². The molecule has 0 saturated carbocycles. The molecule has 0 unspecified atom stereocenters. The van der Waals surface area contributed by atoms with Crippen molar-refractivity contribution in [3.8, 4) is 0 Å². The smallest absolute Gasteiger partial charge is 0.335 e. The van der Waals surface area contributed by atoms with E-state index in [2.05, 4.69) is 0 Å². The third-order valence-electron chi connectivity index (χ3n) is 1.28. The SMILES string of the molecule is CC1(C)OC[C@@H](C(=O)O)O1.S. The number of carboxylic acids is 1. The minimum Gasteiger partial charge on any atom is -0.479 e. The highest BCUT2D eigenvalue weighted by atomic mass is 32.1. The number of aliphatic carboxylic acids is 1. The van der Waals surface area contributed by atoms with E-state index < -0.39 is 17.9 Å². The van der Waals surface area contributed by atoms with Gasteiger partial charge in [-0.15, -0.1) is 0 Å². The van der Waals surface area contributed by atoms with Crippen LogP contribution in [0.15, 0.2) is 0 Å². The van der Waals surface area contributed by atoms with Crippen molar-refractivity contribution in [1.82, 2.24) is 0 Å². The van der Waals surface area contributed by atoms with Crippen molar-refractivity contribution in [2.24, 2.45) is 0 Å². The summed E-state index contributed by atoms with van der Waals surface area (Å²) in [5, 5.41) is 8.44. The van der Waals surface area contributed by atoms with E-state index in [9.17, 15) is 4.79 Å². The van der Waals surface area contributed by atoms with Gasteiger partial charge in [-0.05, 0) is 13.8 Å². The first-order valence-corrected chi connectivity index (χ1v) is 3.06. The molecule has 0 aliphatic carbocycles. The fourth-order valence-electron chi connectivity index (χ4n) is 0.809. The van der Waals surface area contributed by atoms with Gasteiger partial charge in [0.05, 0.1) is 6.61 Å². The summed E-state index contributed by atoms with van der Waals surface area (Å²) in [6, 6.07) is 0. The van der Waals surface area contributed by atoms with Gasteiger partial charge in [-0.1, -0.05) is 0 Å². The third kappa shape index (κ3) is 2.69. The zero-order valence-electron chi connectivity index (χ0n) is 6.46. The van der Waals surface area contributed by atoms with Crippen molar-refractivity contribution in [2.75, 3.05) is 6.61 Å². The summed E-state index contributed by atoms with van der Waals surface area (Å²) in [6.07, 6.45) is -0.796. The molecular formula is C6H12O4S. The quantitative estimate of drug-likeness (QED) is 0.632. The van der Waals surface area contributed by atoms with Gasteiger partial charge in [0, 0.05) is 0 Å². The molecule has 1 heterocycles. The predicted octanol–water partition coefficient (Wildman–Crippen LogP) is 0.335. The minimum absolute atomic E-state index is 0. The van der Waals surface area contributed by atoms with Crippen LogP contribution in [-0.4, -0.2) is 29.6 Å². The molecule has 1 aliphatic rings. The molecule has 5 heteroatoms. The lowest BCUT2D eigenvalue weighted by molar-refractivity contribution is -0.164. The Balaban J connectivity index is 0.000001000. The second-order valence-corrected chi connectivity index (χ2v) is 2.66. The highest BCUT2D eigenvalue weighted by Gasteiger charge is 2.36. The van der Waals surface area contributed by atoms with Crippen LogP contribution in [0.4, 0.5) is 0 Å². The van der Waals surface area contributed by atoms with E-state index in [-0.39, 0.29) is 20.1 Å². The van der Waals surface area contributed by atoms with Crippen molar-refractivity contribution in [1.29, 1.82) is 0 Å². The number of hydrogen-bond donors (Lipinski definition) is 1. The lowest BCUT2D eigenvalue weighted by Gasteiger charge is -2.15. The van der Waals surface area contributed by atoms with E-state index in [1.165, 1.54) is 0 Å². The maximum absolute atomic E-state index is 10.3. The molecule has 1 aliphatic heterocycles. The molecule has 0 bridgehead atoms. The molecule has 0 amide bonds. The Morgan fingerprint density at radius 2 is 2.18 bits per heavy atom. The average molecular weight is 180 g/mol. The van der Waals surface area contributed by atoms with Crippen LogP contribution in [0.2, 0.25) is 0 Å². The van der Waals surface area contributed by atoms with Crippen LogP contribution in [0.25, 0.3) is 0 Å². The Kier molecular flexibility index (Phi) is 3.34. The lowest BCUT2D eigenvalue weighted by Crippen LogP contribution is -2.26. The molecule has 0 aromatic heterocycles. The largest absolute Gasteiger partial charge is 0.479 e. The van der Waals surface area contributed by atoms with Gasteiger partial charge in [0.1, 0.15) is 0 Å². The average Bonchev–Trinajstić information content (AvgIpc) is 2.10. The number of carboxylic acid groups (broad SMARTS) is 1. The first kappa shape index (κ1) is 10.7. The Morgan fingerprint density at radius 3 is 2.36 bits per heavy atom. The van der Waals surface area contributed by atoms with Crippen LogP contribution in [-0.2, 0) is 14.3 Å². The second-order valence-electron chi connectivity index (χ2n) is 2.66. The third-order valence-corrected chi connectivity index (χ3v) is 1.28. The first-order valence-electron chi connectivity index (χ1n) is 3.06. The molecular weight excluding hydrogens is 168 g/mol. The highest BCUT2D eigenvalue weighted by molar-refractivity contribution is 7.59. The zero-order valence-corrected chi connectivity index (χ0v) is 7.46. The van der Waals surface area contributed by atoms with E-state index in [1.807, 2.05) is 0 Å². The standard InChI is InChI=1S/C6H10O4.H2S/c1-6(2)9-3-4(10-6)5(7)8;/h4H,3H2,1-2H3,(H,7,8);1H2/t4-;/m0./s1. The molecule has 66 valence electrons. The summed E-state index contributed by atoms with van der Waals surface area (Å²) < 4.78 is 10.00. The molecule has 1 rings (SSSR count). The van der Waals surface area contributed by atoms with Crippen LogP contribution < -0.4 is 0 Å². The van der Waals surface area contributed by atoms with Crippen molar-refractivity contribution < 1.29 is 19.4 Å². The van der Waals surface area contributed by atoms with Crippen molar-refractivity contribution in [2.45, 2.75) is 25.7 Å².